The summed E-state index contributed by atoms with van der Waals surface area (Å²) in [5.74, 6) is 0.957. The minimum absolute atomic E-state index is 0.0400. The van der Waals surface area contributed by atoms with Crippen molar-refractivity contribution in [1.82, 2.24) is 15.2 Å². The minimum atomic E-state index is 0.0400. The summed E-state index contributed by atoms with van der Waals surface area (Å²) >= 11 is 1.64. The first kappa shape index (κ1) is 16.0. The molecule has 28 heavy (non-hydrogen) atoms. The maximum atomic E-state index is 13.0. The third-order valence-corrected chi connectivity index (χ3v) is 8.19. The lowest BCUT2D eigenvalue weighted by Crippen LogP contribution is -2.49. The van der Waals surface area contributed by atoms with E-state index in [1.54, 1.807) is 11.3 Å². The number of nitrogens with one attached hydrogen (secondary N) is 1. The third-order valence-electron chi connectivity index (χ3n) is 7.17. The first-order chi connectivity index (χ1) is 13.8. The van der Waals surface area contributed by atoms with Crippen LogP contribution in [0.15, 0.2) is 12.1 Å². The molecule has 146 valence electrons. The van der Waals surface area contributed by atoms with E-state index in [4.69, 9.17) is 9.72 Å². The lowest BCUT2D eigenvalue weighted by molar-refractivity contribution is 0.158. The van der Waals surface area contributed by atoms with E-state index in [1.165, 1.54) is 37.7 Å². The molecule has 1 N–H and O–H groups in total. The highest BCUT2D eigenvalue weighted by Gasteiger charge is 2.55. The number of rotatable bonds is 4. The van der Waals surface area contributed by atoms with Crippen molar-refractivity contribution in [3.63, 3.8) is 0 Å². The summed E-state index contributed by atoms with van der Waals surface area (Å²) in [4.78, 5) is 22.7. The first-order valence-electron chi connectivity index (χ1n) is 10.7. The van der Waals surface area contributed by atoms with Gasteiger partial charge in [0.05, 0.1) is 28.9 Å². The average molecular weight is 397 g/mol. The van der Waals surface area contributed by atoms with Gasteiger partial charge in [-0.05, 0) is 50.7 Å². The van der Waals surface area contributed by atoms with Gasteiger partial charge in [-0.2, -0.15) is 0 Å². The van der Waals surface area contributed by atoms with Crippen molar-refractivity contribution < 1.29 is 9.53 Å². The molecule has 0 radical (unpaired) electrons. The molecular formula is C21H24N4O2S. The number of hydrogen-bond donors (Lipinski definition) is 1. The van der Waals surface area contributed by atoms with E-state index >= 15 is 0 Å². The molecular weight excluding hydrogens is 372 g/mol. The number of aromatic nitrogens is 1. The average Bonchev–Trinajstić information content (AvgIpc) is 3.52. The molecule has 3 atom stereocenters. The smallest absolute Gasteiger partial charge is 0.324 e. The zero-order valence-corrected chi connectivity index (χ0v) is 16.6. The standard InChI is InChI=1S/C21H24N4O2S/c26-20-22-19-14(24(11-1-2-11)12-3-4-12)5-6-15(19)25(20)21-23-18-13-9-10-27-16(13)7-8-17(18)28-21/h7-8,11-12,14-15,19H,1-6,9-10H2,(H,22,26)/t14-,15-,19+/m1/s1. The molecule has 3 aliphatic carbocycles. The van der Waals surface area contributed by atoms with Crippen molar-refractivity contribution in [2.75, 3.05) is 11.5 Å². The summed E-state index contributed by atoms with van der Waals surface area (Å²) in [5, 5.41) is 4.20. The summed E-state index contributed by atoms with van der Waals surface area (Å²) in [6.07, 6.45) is 8.53. The van der Waals surface area contributed by atoms with E-state index in [-0.39, 0.29) is 18.1 Å². The van der Waals surface area contributed by atoms with Gasteiger partial charge < -0.3 is 10.1 Å². The molecule has 5 aliphatic rings. The number of anilines is 1. The van der Waals surface area contributed by atoms with Crippen LogP contribution in [0.3, 0.4) is 0 Å². The highest BCUT2D eigenvalue weighted by atomic mass is 32.1. The van der Waals surface area contributed by atoms with Gasteiger partial charge in [0, 0.05) is 30.1 Å². The number of carbonyl (C=O) groups excluding carboxylic acids is 1. The SMILES string of the molecule is O=C1N[C@@H]2[C@@H](CC[C@H]2N(C2CC2)C2CC2)N1c1nc2c3c(ccc2s1)OCC3. The van der Waals surface area contributed by atoms with E-state index in [0.29, 0.717) is 6.04 Å². The Kier molecular flexibility index (Phi) is 3.20. The van der Waals surface area contributed by atoms with Crippen molar-refractivity contribution in [3.05, 3.63) is 17.7 Å². The largest absolute Gasteiger partial charge is 0.493 e. The van der Waals surface area contributed by atoms with Gasteiger partial charge in [0.15, 0.2) is 5.13 Å². The second kappa shape index (κ2) is 5.60. The predicted octanol–water partition coefficient (Wildman–Crippen LogP) is 3.29. The highest BCUT2D eigenvalue weighted by Crippen LogP contribution is 2.46. The van der Waals surface area contributed by atoms with Crippen LogP contribution < -0.4 is 15.0 Å². The number of fused-ring (bicyclic) bond motifs is 4. The molecule has 0 bridgehead atoms. The van der Waals surface area contributed by atoms with Gasteiger partial charge in [0.2, 0.25) is 0 Å². The van der Waals surface area contributed by atoms with Crippen LogP contribution in [0.25, 0.3) is 10.2 Å². The van der Waals surface area contributed by atoms with E-state index in [9.17, 15) is 4.79 Å². The van der Waals surface area contributed by atoms with Gasteiger partial charge in [-0.25, -0.2) is 9.78 Å². The highest BCUT2D eigenvalue weighted by molar-refractivity contribution is 7.22. The number of benzene rings is 1. The van der Waals surface area contributed by atoms with Gasteiger partial charge in [-0.1, -0.05) is 11.3 Å². The van der Waals surface area contributed by atoms with E-state index in [1.807, 2.05) is 11.0 Å². The molecule has 3 saturated carbocycles. The zero-order valence-electron chi connectivity index (χ0n) is 15.8. The summed E-state index contributed by atoms with van der Waals surface area (Å²) in [6.45, 7) is 0.732. The number of hydrogen-bond acceptors (Lipinski definition) is 5. The second-order valence-corrected chi connectivity index (χ2v) is 9.96. The summed E-state index contributed by atoms with van der Waals surface area (Å²) in [5.41, 5.74) is 2.23. The van der Waals surface area contributed by atoms with Crippen LogP contribution in [0.1, 0.15) is 44.1 Å². The Morgan fingerprint density at radius 3 is 2.75 bits per heavy atom. The maximum Gasteiger partial charge on any atom is 0.324 e. The normalized spacial score (nSPS) is 31.4. The summed E-state index contributed by atoms with van der Waals surface area (Å²) in [7, 11) is 0. The monoisotopic (exact) mass is 396 g/mol. The van der Waals surface area contributed by atoms with Crippen LogP contribution in [-0.2, 0) is 6.42 Å². The lowest BCUT2D eigenvalue weighted by atomic mass is 10.1. The van der Waals surface area contributed by atoms with E-state index < -0.39 is 0 Å². The number of nitrogens with zero attached hydrogens (tertiary/aromatic N) is 3. The van der Waals surface area contributed by atoms with E-state index in [2.05, 4.69) is 16.3 Å². The van der Waals surface area contributed by atoms with Crippen LogP contribution in [-0.4, -0.2) is 52.7 Å². The quantitative estimate of drug-likeness (QED) is 0.862. The molecule has 1 aromatic heterocycles. The summed E-state index contributed by atoms with van der Waals surface area (Å²) < 4.78 is 6.85. The molecule has 2 aliphatic heterocycles. The molecule has 7 rings (SSSR count). The van der Waals surface area contributed by atoms with Gasteiger partial charge in [0.1, 0.15) is 5.75 Å². The number of thiazole rings is 1. The third kappa shape index (κ3) is 2.23. The van der Waals surface area contributed by atoms with Crippen LogP contribution in [0.5, 0.6) is 5.75 Å². The molecule has 4 fully saturated rings. The predicted molar refractivity (Wildman–Crippen MR) is 108 cm³/mol. The number of urea groups is 1. The van der Waals surface area contributed by atoms with Crippen molar-refractivity contribution in [2.24, 2.45) is 0 Å². The van der Waals surface area contributed by atoms with Crippen molar-refractivity contribution >= 4 is 32.7 Å². The Bertz CT molecular complexity index is 970. The number of amides is 2. The molecule has 6 nitrogen and oxygen atoms in total. The van der Waals surface area contributed by atoms with E-state index in [0.717, 1.165) is 52.6 Å². The molecule has 3 heterocycles. The Morgan fingerprint density at radius 2 is 1.96 bits per heavy atom. The molecule has 0 unspecified atom stereocenters. The van der Waals surface area contributed by atoms with Crippen LogP contribution in [0, 0.1) is 0 Å². The molecule has 2 amide bonds. The molecule has 0 spiro atoms. The Labute approximate surface area is 167 Å². The first-order valence-corrected chi connectivity index (χ1v) is 11.5. The van der Waals surface area contributed by atoms with Crippen molar-refractivity contribution in [3.8, 4) is 5.75 Å². The maximum absolute atomic E-state index is 13.0. The Balaban J connectivity index is 1.23. The van der Waals surface area contributed by atoms with Crippen LogP contribution in [0.4, 0.5) is 9.93 Å². The minimum Gasteiger partial charge on any atom is -0.493 e. The van der Waals surface area contributed by atoms with Crippen molar-refractivity contribution in [2.45, 2.75) is 75.2 Å². The Morgan fingerprint density at radius 1 is 1.14 bits per heavy atom. The Hall–Kier alpha value is -1.86. The van der Waals surface area contributed by atoms with Gasteiger partial charge in [0.25, 0.3) is 0 Å². The molecule has 1 saturated heterocycles. The molecule has 1 aromatic carbocycles. The summed E-state index contributed by atoms with van der Waals surface area (Å²) in [6, 6.07) is 6.71. The molecule has 7 heteroatoms. The fourth-order valence-electron chi connectivity index (χ4n) is 5.71. The van der Waals surface area contributed by atoms with Gasteiger partial charge in [-0.15, -0.1) is 0 Å². The molecule has 2 aromatic rings. The van der Waals surface area contributed by atoms with Crippen molar-refractivity contribution in [1.29, 1.82) is 0 Å². The zero-order chi connectivity index (χ0) is 18.4. The van der Waals surface area contributed by atoms with Gasteiger partial charge >= 0.3 is 6.03 Å². The topological polar surface area (TPSA) is 57.7 Å². The van der Waals surface area contributed by atoms with Crippen LogP contribution in [0.2, 0.25) is 0 Å². The number of carbonyl (C=O) groups is 1. The van der Waals surface area contributed by atoms with Gasteiger partial charge in [-0.3, -0.25) is 9.80 Å². The lowest BCUT2D eigenvalue weighted by Gasteiger charge is -2.32. The van der Waals surface area contributed by atoms with Crippen LogP contribution >= 0.6 is 11.3 Å². The number of ether oxygens (including phenoxy) is 1. The second-order valence-electron chi connectivity index (χ2n) is 8.95. The fraction of sp³-hybridized carbons (Fsp3) is 0.619. The fourth-order valence-corrected chi connectivity index (χ4v) is 6.76.